The summed E-state index contributed by atoms with van der Waals surface area (Å²) in [6, 6.07) is 3.50. The van der Waals surface area contributed by atoms with Crippen molar-refractivity contribution < 1.29 is 45.4 Å². The Hall–Kier alpha value is -3.95. The van der Waals surface area contributed by atoms with Crippen molar-refractivity contribution in [3.05, 3.63) is 47.3 Å². The van der Waals surface area contributed by atoms with Crippen LogP contribution in [0.15, 0.2) is 30.6 Å². The molecule has 1 aromatic carbocycles. The van der Waals surface area contributed by atoms with Crippen molar-refractivity contribution in [3.63, 3.8) is 0 Å². The average molecular weight is 576 g/mol. The van der Waals surface area contributed by atoms with Crippen LogP contribution in [-0.2, 0) is 11.0 Å². The maximum atomic E-state index is 14.7. The molecular weight excluding hydrogens is 553 g/mol. The number of halogens is 7. The quantitative estimate of drug-likeness (QED) is 0.401. The molecule has 0 radical (unpaired) electrons. The van der Waals surface area contributed by atoms with Gasteiger partial charge in [-0.25, -0.2) is 13.9 Å². The number of fused-ring (bicyclic) bond motifs is 1. The predicted octanol–water partition coefficient (Wildman–Crippen LogP) is 3.29. The Bertz CT molecular complexity index is 1470. The minimum Gasteiger partial charge on any atom is -0.382 e. The van der Waals surface area contributed by atoms with Gasteiger partial charge in [-0.05, 0) is 31.0 Å². The number of carbonyl (C=O) groups is 2. The number of carbonyl (C=O) groups excluding carboxylic acids is 2. The first-order chi connectivity index (χ1) is 18.5. The first-order valence-electron chi connectivity index (χ1n) is 11.8. The van der Waals surface area contributed by atoms with E-state index in [-0.39, 0.29) is 16.8 Å². The van der Waals surface area contributed by atoms with E-state index in [1.54, 1.807) is 0 Å². The molecule has 2 amide bonds. The fourth-order valence-electron chi connectivity index (χ4n) is 4.56. The molecule has 1 unspecified atom stereocenters. The van der Waals surface area contributed by atoms with Gasteiger partial charge >= 0.3 is 12.4 Å². The molecule has 3 aromatic rings. The number of aliphatic hydroxyl groups is 1. The van der Waals surface area contributed by atoms with Crippen LogP contribution in [0.25, 0.3) is 16.8 Å². The second-order valence-electron chi connectivity index (χ2n) is 9.39. The fourth-order valence-corrected chi connectivity index (χ4v) is 4.56. The highest BCUT2D eigenvalue weighted by molar-refractivity contribution is 5.97. The zero-order valence-corrected chi connectivity index (χ0v) is 20.9. The molecule has 1 saturated heterocycles. The van der Waals surface area contributed by atoms with Gasteiger partial charge in [-0.1, -0.05) is 19.1 Å². The number of nitrogen functional groups attached to an aromatic ring is 1. The predicted molar refractivity (Wildman–Crippen MR) is 127 cm³/mol. The van der Waals surface area contributed by atoms with Crippen molar-refractivity contribution in [3.8, 4) is 11.3 Å². The van der Waals surface area contributed by atoms with Crippen molar-refractivity contribution in [1.29, 1.82) is 0 Å². The minimum absolute atomic E-state index is 0.0691. The number of nitrogens with one attached hydrogen (secondary N) is 1. The van der Waals surface area contributed by atoms with E-state index >= 15 is 0 Å². The largest absolute Gasteiger partial charge is 0.426 e. The van der Waals surface area contributed by atoms with Crippen LogP contribution in [0.3, 0.4) is 0 Å². The zero-order valence-electron chi connectivity index (χ0n) is 20.9. The summed E-state index contributed by atoms with van der Waals surface area (Å²) < 4.78 is 96.6. The van der Waals surface area contributed by atoms with Crippen molar-refractivity contribution >= 4 is 23.1 Å². The van der Waals surface area contributed by atoms with Crippen molar-refractivity contribution in [2.24, 2.45) is 0 Å². The van der Waals surface area contributed by atoms with Crippen LogP contribution in [0.4, 0.5) is 36.6 Å². The molecule has 4 N–H and O–H groups in total. The molecule has 0 spiro atoms. The van der Waals surface area contributed by atoms with Gasteiger partial charge in [0.05, 0.1) is 23.8 Å². The number of hydrogen-bond donors (Lipinski definition) is 3. The number of aromatic nitrogens is 3. The number of nitrogens with zero attached hydrogens (tertiary/aromatic N) is 4. The van der Waals surface area contributed by atoms with Gasteiger partial charge in [0.1, 0.15) is 18.0 Å². The SMILES string of the molecule is CCC(O)(C(=O)N1C[C@H](F)[C@H](NC(=O)c2cc(-c3cc(C(F)(F)F)c4c(N)ncnn34)ccc2C)C1)C(F)(F)F. The third-order valence-corrected chi connectivity index (χ3v) is 6.85. The molecule has 9 nitrogen and oxygen atoms in total. The lowest BCUT2D eigenvalue weighted by molar-refractivity contribution is -0.256. The van der Waals surface area contributed by atoms with E-state index in [2.05, 4.69) is 15.4 Å². The molecule has 1 aliphatic rings. The monoisotopic (exact) mass is 576 g/mol. The van der Waals surface area contributed by atoms with E-state index in [1.165, 1.54) is 25.1 Å². The number of alkyl halides is 7. The van der Waals surface area contributed by atoms with E-state index in [9.17, 15) is 45.4 Å². The number of hydrogen-bond acceptors (Lipinski definition) is 6. The van der Waals surface area contributed by atoms with Crippen LogP contribution < -0.4 is 11.1 Å². The third kappa shape index (κ3) is 4.91. The Morgan fingerprint density at radius 2 is 1.82 bits per heavy atom. The van der Waals surface area contributed by atoms with Crippen LogP contribution in [0.1, 0.15) is 34.8 Å². The Labute approximate surface area is 221 Å². The summed E-state index contributed by atoms with van der Waals surface area (Å²) in [7, 11) is 0. The minimum atomic E-state index is -5.30. The van der Waals surface area contributed by atoms with Crippen LogP contribution in [0.2, 0.25) is 0 Å². The molecule has 4 rings (SSSR count). The van der Waals surface area contributed by atoms with E-state index in [1.807, 2.05) is 0 Å². The number of aryl methyl sites for hydroxylation is 1. The van der Waals surface area contributed by atoms with Gasteiger partial charge in [-0.15, -0.1) is 0 Å². The summed E-state index contributed by atoms with van der Waals surface area (Å²) in [6.45, 7) is 1.03. The van der Waals surface area contributed by atoms with Crippen LogP contribution in [0.5, 0.6) is 0 Å². The van der Waals surface area contributed by atoms with Gasteiger partial charge in [0.2, 0.25) is 5.60 Å². The van der Waals surface area contributed by atoms with Crippen molar-refractivity contribution in [2.45, 2.75) is 50.4 Å². The normalized spacial score (nSPS) is 19.6. The summed E-state index contributed by atoms with van der Waals surface area (Å²) in [4.78, 5) is 29.6. The standard InChI is InChI=1S/C24H23F7N6O3/c1-3-22(40,24(29,30)31)21(39)36-8-15(25)16(9-36)35-20(38)13-6-12(5-4-11(13)2)17-7-14(23(26,27)28)18-19(32)33-10-34-37(17)18/h4-7,10,15-16,40H,3,8-9H2,1-2H3,(H,35,38)(H2,32,33,34)/t15-,16+,22?/m0/s1. The third-order valence-electron chi connectivity index (χ3n) is 6.85. The molecule has 1 fully saturated rings. The number of rotatable bonds is 5. The summed E-state index contributed by atoms with van der Waals surface area (Å²) in [5.41, 5.74) is 0.701. The molecule has 40 heavy (non-hydrogen) atoms. The Kier molecular flexibility index (Phi) is 7.19. The van der Waals surface area contributed by atoms with Crippen LogP contribution in [-0.4, -0.2) is 73.5 Å². The smallest absolute Gasteiger partial charge is 0.382 e. The molecule has 216 valence electrons. The zero-order chi connectivity index (χ0) is 29.8. The Balaban J connectivity index is 1.62. The number of anilines is 1. The maximum absolute atomic E-state index is 14.7. The van der Waals surface area contributed by atoms with E-state index in [0.717, 1.165) is 23.8 Å². The van der Waals surface area contributed by atoms with Gasteiger partial charge in [0.15, 0.2) is 5.82 Å². The molecule has 3 atom stereocenters. The van der Waals surface area contributed by atoms with Crippen molar-refractivity contribution in [2.75, 3.05) is 18.8 Å². The second kappa shape index (κ2) is 9.91. The van der Waals surface area contributed by atoms with Gasteiger partial charge in [0.25, 0.3) is 11.8 Å². The molecule has 3 heterocycles. The first kappa shape index (κ1) is 29.0. The number of amides is 2. The van der Waals surface area contributed by atoms with Gasteiger partial charge in [-0.2, -0.15) is 31.4 Å². The summed E-state index contributed by atoms with van der Waals surface area (Å²) >= 11 is 0. The second-order valence-corrected chi connectivity index (χ2v) is 9.39. The van der Waals surface area contributed by atoms with Gasteiger partial charge in [0, 0.05) is 17.7 Å². The Morgan fingerprint density at radius 1 is 1.15 bits per heavy atom. The highest BCUT2D eigenvalue weighted by Crippen LogP contribution is 2.39. The first-order valence-corrected chi connectivity index (χ1v) is 11.8. The maximum Gasteiger partial charge on any atom is 0.426 e. The molecule has 0 aliphatic carbocycles. The molecule has 2 aromatic heterocycles. The summed E-state index contributed by atoms with van der Waals surface area (Å²) in [5, 5.41) is 16.1. The Morgan fingerprint density at radius 3 is 2.42 bits per heavy atom. The fraction of sp³-hybridized carbons (Fsp3) is 0.417. The summed E-state index contributed by atoms with van der Waals surface area (Å²) in [6.07, 6.45) is -12.1. The average Bonchev–Trinajstić information content (AvgIpc) is 3.44. The lowest BCUT2D eigenvalue weighted by atomic mass is 9.98. The molecular formula is C24H23F7N6O3. The number of likely N-dealkylation sites (tertiary alicyclic amines) is 1. The number of benzene rings is 1. The lowest BCUT2D eigenvalue weighted by Gasteiger charge is -2.31. The molecule has 16 heteroatoms. The van der Waals surface area contributed by atoms with E-state index < -0.39 is 78.4 Å². The van der Waals surface area contributed by atoms with Gasteiger partial charge in [-0.3, -0.25) is 9.59 Å². The van der Waals surface area contributed by atoms with Crippen molar-refractivity contribution in [1.82, 2.24) is 24.8 Å². The molecule has 0 saturated carbocycles. The topological polar surface area (TPSA) is 126 Å². The van der Waals surface area contributed by atoms with Gasteiger partial charge < -0.3 is 21.1 Å². The van der Waals surface area contributed by atoms with E-state index in [0.29, 0.717) is 10.5 Å². The lowest BCUT2D eigenvalue weighted by Crippen LogP contribution is -2.57. The van der Waals surface area contributed by atoms with E-state index in [4.69, 9.17) is 5.73 Å². The molecule has 0 bridgehead atoms. The molecule has 1 aliphatic heterocycles. The number of nitrogens with two attached hydrogens (primary N) is 1. The van der Waals surface area contributed by atoms with Crippen LogP contribution in [0, 0.1) is 6.92 Å². The highest BCUT2D eigenvalue weighted by atomic mass is 19.4. The summed E-state index contributed by atoms with van der Waals surface area (Å²) in [5.74, 6) is -3.04. The van der Waals surface area contributed by atoms with Crippen LogP contribution >= 0.6 is 0 Å². The highest BCUT2D eigenvalue weighted by Gasteiger charge is 2.60.